The van der Waals surface area contributed by atoms with E-state index in [0.29, 0.717) is 11.4 Å². The van der Waals surface area contributed by atoms with Gasteiger partial charge in [-0.25, -0.2) is 4.98 Å². The molecule has 7 aromatic carbocycles. The van der Waals surface area contributed by atoms with E-state index in [-0.39, 0.29) is 22.0 Å². The average molecular weight is 850 g/mol. The molecule has 0 aliphatic carbocycles. The summed E-state index contributed by atoms with van der Waals surface area (Å²) in [5.41, 5.74) is 18.4. The molecule has 2 aromatic heterocycles. The number of aromatic hydroxyl groups is 1. The summed E-state index contributed by atoms with van der Waals surface area (Å²) in [7, 11) is 0. The van der Waals surface area contributed by atoms with Crippen LogP contribution in [0.25, 0.3) is 83.9 Å². The zero-order valence-corrected chi connectivity index (χ0v) is 39.5. The first-order chi connectivity index (χ1) is 30.9. The molecule has 0 aliphatic heterocycles. The number of aryl methyl sites for hydroxylation is 1. The standard InChI is InChI=1S/C61H59N3O/c1-39-32-49(61(8,9)10)38-52(57(39)65)58-63-56-50(22-17-23-55(56)64(58)54-29-28-48(60(5,6)7)37-51(54)42-20-15-12-16-21-42)45-33-44(40-18-13-11-14-19-40)34-46(35-45)53-36-43(30-31-62-53)41-24-26-47(27-25-41)59(2,3)4/h11-38,65H,1-10H3. The summed E-state index contributed by atoms with van der Waals surface area (Å²) in [6.07, 6.45) is 1.92. The number of benzene rings is 7. The van der Waals surface area contributed by atoms with Gasteiger partial charge in [-0.3, -0.25) is 9.55 Å². The maximum atomic E-state index is 12.1. The summed E-state index contributed by atoms with van der Waals surface area (Å²) >= 11 is 0. The van der Waals surface area contributed by atoms with Gasteiger partial charge in [0.15, 0.2) is 0 Å². The van der Waals surface area contributed by atoms with E-state index in [1.165, 1.54) is 11.1 Å². The SMILES string of the molecule is Cc1cc(C(C)(C)C)cc(-c2nc3c(-c4cc(-c5ccccc5)cc(-c5cc(-c6ccc(C(C)(C)C)cc6)ccn5)c4)cccc3n2-c2ccc(C(C)(C)C)cc2-c2ccccc2)c1O. The fourth-order valence-corrected chi connectivity index (χ4v) is 8.85. The van der Waals surface area contributed by atoms with Gasteiger partial charge in [0.2, 0.25) is 0 Å². The first kappa shape index (κ1) is 43.2. The van der Waals surface area contributed by atoms with Crippen LogP contribution in [0.5, 0.6) is 5.75 Å². The van der Waals surface area contributed by atoms with E-state index < -0.39 is 0 Å². The van der Waals surface area contributed by atoms with Crippen LogP contribution in [0.4, 0.5) is 0 Å². The molecule has 0 unspecified atom stereocenters. The number of rotatable bonds is 7. The largest absolute Gasteiger partial charge is 0.507 e. The molecule has 0 atom stereocenters. The predicted octanol–water partition coefficient (Wildman–Crippen LogP) is 16.3. The highest BCUT2D eigenvalue weighted by Crippen LogP contribution is 2.44. The van der Waals surface area contributed by atoms with Gasteiger partial charge >= 0.3 is 0 Å². The fraction of sp³-hybridized carbons (Fsp3) is 0.213. The Balaban J connectivity index is 1.31. The molecule has 0 radical (unpaired) electrons. The van der Waals surface area contributed by atoms with Crippen LogP contribution in [0.15, 0.2) is 170 Å². The van der Waals surface area contributed by atoms with Crippen LogP contribution in [-0.2, 0) is 16.2 Å². The van der Waals surface area contributed by atoms with Crippen LogP contribution in [0, 0.1) is 6.92 Å². The second-order valence-corrected chi connectivity index (χ2v) is 20.7. The Morgan fingerprint density at radius 3 is 1.68 bits per heavy atom. The lowest BCUT2D eigenvalue weighted by Crippen LogP contribution is -2.13. The minimum atomic E-state index is -0.158. The van der Waals surface area contributed by atoms with Crippen molar-refractivity contribution in [2.45, 2.75) is 85.5 Å². The summed E-state index contributed by atoms with van der Waals surface area (Å²) in [5, 5.41) is 12.1. The summed E-state index contributed by atoms with van der Waals surface area (Å²) in [4.78, 5) is 10.6. The third kappa shape index (κ3) is 8.54. The van der Waals surface area contributed by atoms with Gasteiger partial charge in [-0.05, 0) is 133 Å². The van der Waals surface area contributed by atoms with E-state index in [2.05, 4.69) is 231 Å². The normalized spacial score (nSPS) is 12.2. The topological polar surface area (TPSA) is 50.9 Å². The molecule has 9 rings (SSSR count). The fourth-order valence-electron chi connectivity index (χ4n) is 8.85. The number of aromatic nitrogens is 3. The first-order valence-electron chi connectivity index (χ1n) is 22.8. The van der Waals surface area contributed by atoms with Gasteiger partial charge in [0.1, 0.15) is 11.6 Å². The van der Waals surface area contributed by atoms with Crippen molar-refractivity contribution in [2.24, 2.45) is 0 Å². The van der Waals surface area contributed by atoms with Crippen molar-refractivity contribution in [3.05, 3.63) is 192 Å². The van der Waals surface area contributed by atoms with Crippen LogP contribution < -0.4 is 0 Å². The number of phenols is 1. The predicted molar refractivity (Wildman–Crippen MR) is 274 cm³/mol. The summed E-state index contributed by atoms with van der Waals surface area (Å²) < 4.78 is 2.27. The second-order valence-electron chi connectivity index (χ2n) is 20.7. The third-order valence-corrected chi connectivity index (χ3v) is 12.8. The van der Waals surface area contributed by atoms with Crippen molar-refractivity contribution in [1.82, 2.24) is 14.5 Å². The Morgan fingerprint density at radius 1 is 0.431 bits per heavy atom. The Hall–Kier alpha value is -7.04. The first-order valence-corrected chi connectivity index (χ1v) is 22.8. The lowest BCUT2D eigenvalue weighted by atomic mass is 9.84. The van der Waals surface area contributed by atoms with E-state index >= 15 is 0 Å². The third-order valence-electron chi connectivity index (χ3n) is 12.8. The molecule has 0 saturated carbocycles. The van der Waals surface area contributed by atoms with E-state index in [4.69, 9.17) is 9.97 Å². The maximum Gasteiger partial charge on any atom is 0.149 e. The van der Waals surface area contributed by atoms with Gasteiger partial charge in [-0.15, -0.1) is 0 Å². The molecule has 4 heteroatoms. The van der Waals surface area contributed by atoms with Crippen LogP contribution in [0.1, 0.15) is 84.6 Å². The van der Waals surface area contributed by atoms with Gasteiger partial charge in [0, 0.05) is 22.9 Å². The molecule has 0 amide bonds. The highest BCUT2D eigenvalue weighted by molar-refractivity contribution is 5.98. The number of imidazole rings is 1. The Bertz CT molecular complexity index is 3190. The highest BCUT2D eigenvalue weighted by atomic mass is 16.3. The van der Waals surface area contributed by atoms with Crippen molar-refractivity contribution in [2.75, 3.05) is 0 Å². The van der Waals surface area contributed by atoms with E-state index in [1.54, 1.807) is 0 Å². The molecule has 1 N–H and O–H groups in total. The number of pyridine rings is 1. The van der Waals surface area contributed by atoms with E-state index in [9.17, 15) is 5.11 Å². The molecule has 0 aliphatic rings. The minimum absolute atomic E-state index is 0.0712. The molecule has 4 nitrogen and oxygen atoms in total. The highest BCUT2D eigenvalue weighted by Gasteiger charge is 2.26. The van der Waals surface area contributed by atoms with Crippen LogP contribution in [0.2, 0.25) is 0 Å². The Kier molecular flexibility index (Phi) is 11.0. The Morgan fingerprint density at radius 2 is 1.02 bits per heavy atom. The molecule has 0 fully saturated rings. The monoisotopic (exact) mass is 849 g/mol. The molecular formula is C61H59N3O. The molecule has 9 aromatic rings. The van der Waals surface area contributed by atoms with Gasteiger partial charge in [0.25, 0.3) is 0 Å². The molecule has 0 spiro atoms. The van der Waals surface area contributed by atoms with Crippen LogP contribution in [-0.4, -0.2) is 19.6 Å². The number of hydrogen-bond acceptors (Lipinski definition) is 3. The maximum absolute atomic E-state index is 12.1. The van der Waals surface area contributed by atoms with Crippen molar-refractivity contribution in [3.8, 4) is 78.6 Å². The van der Waals surface area contributed by atoms with Crippen LogP contribution in [0.3, 0.4) is 0 Å². The summed E-state index contributed by atoms with van der Waals surface area (Å²) in [6, 6.07) is 58.7. The molecule has 0 bridgehead atoms. The van der Waals surface area contributed by atoms with Crippen LogP contribution >= 0.6 is 0 Å². The average Bonchev–Trinajstić information content (AvgIpc) is 3.68. The van der Waals surface area contributed by atoms with Crippen molar-refractivity contribution < 1.29 is 5.11 Å². The lowest BCUT2D eigenvalue weighted by molar-refractivity contribution is 0.471. The number of phenolic OH excluding ortho intramolecular Hbond substituents is 1. The molecule has 65 heavy (non-hydrogen) atoms. The van der Waals surface area contributed by atoms with Gasteiger partial charge in [0.05, 0.1) is 28.0 Å². The van der Waals surface area contributed by atoms with Gasteiger partial charge in [-0.2, -0.15) is 0 Å². The minimum Gasteiger partial charge on any atom is -0.507 e. The van der Waals surface area contributed by atoms with E-state index in [0.717, 1.165) is 83.6 Å². The smallest absolute Gasteiger partial charge is 0.149 e. The Labute approximate surface area is 385 Å². The van der Waals surface area contributed by atoms with Crippen molar-refractivity contribution in [1.29, 1.82) is 0 Å². The summed E-state index contributed by atoms with van der Waals surface area (Å²) in [6.45, 7) is 22.1. The van der Waals surface area contributed by atoms with Crippen molar-refractivity contribution >= 4 is 11.0 Å². The zero-order chi connectivity index (χ0) is 45.8. The number of nitrogens with zero attached hydrogens (tertiary/aromatic N) is 3. The quantitative estimate of drug-likeness (QED) is 0.174. The molecule has 2 heterocycles. The molecular weight excluding hydrogens is 791 g/mol. The second kappa shape index (κ2) is 16.5. The summed E-state index contributed by atoms with van der Waals surface area (Å²) in [5.74, 6) is 0.919. The number of hydrogen-bond donors (Lipinski definition) is 1. The zero-order valence-electron chi connectivity index (χ0n) is 39.5. The molecule has 324 valence electrons. The number of para-hydroxylation sites is 1. The van der Waals surface area contributed by atoms with Gasteiger partial charge in [-0.1, -0.05) is 172 Å². The van der Waals surface area contributed by atoms with Crippen molar-refractivity contribution in [3.63, 3.8) is 0 Å². The molecule has 0 saturated heterocycles. The number of fused-ring (bicyclic) bond motifs is 1. The van der Waals surface area contributed by atoms with E-state index in [1.807, 2.05) is 13.1 Å². The van der Waals surface area contributed by atoms with Gasteiger partial charge < -0.3 is 5.11 Å². The lowest BCUT2D eigenvalue weighted by Gasteiger charge is -2.24.